The number of rotatable bonds is 5. The molecule has 2 atom stereocenters. The first-order chi connectivity index (χ1) is 9.17. The van der Waals surface area contributed by atoms with Crippen molar-refractivity contribution in [2.45, 2.75) is 32.2 Å². The highest BCUT2D eigenvalue weighted by atomic mass is 16.1. The van der Waals surface area contributed by atoms with Crippen LogP contribution < -0.4 is 16.4 Å². The van der Waals surface area contributed by atoms with E-state index in [9.17, 15) is 4.79 Å². The van der Waals surface area contributed by atoms with Crippen LogP contribution in [0.15, 0.2) is 18.2 Å². The Morgan fingerprint density at radius 2 is 2.26 bits per heavy atom. The van der Waals surface area contributed by atoms with Crippen LogP contribution in [0.2, 0.25) is 0 Å². The van der Waals surface area contributed by atoms with Gasteiger partial charge in [-0.15, -0.1) is 0 Å². The number of carbonyl (C=O) groups excluding carboxylic acids is 1. The second-order valence-electron chi connectivity index (χ2n) is 5.03. The van der Waals surface area contributed by atoms with Gasteiger partial charge in [-0.2, -0.15) is 0 Å². The average molecular weight is 262 g/mol. The van der Waals surface area contributed by atoms with Crippen molar-refractivity contribution in [3.8, 4) is 0 Å². The van der Waals surface area contributed by atoms with E-state index in [0.29, 0.717) is 24.2 Å². The number of pyridine rings is 1. The minimum Gasteiger partial charge on any atom is -0.364 e. The summed E-state index contributed by atoms with van der Waals surface area (Å²) < 4.78 is 0. The zero-order chi connectivity index (χ0) is 13.8. The first-order valence-electron chi connectivity index (χ1n) is 6.91. The molecule has 1 aromatic rings. The van der Waals surface area contributed by atoms with Crippen LogP contribution in [-0.4, -0.2) is 30.0 Å². The maximum absolute atomic E-state index is 11.2. The normalized spacial score (nSPS) is 22.4. The lowest BCUT2D eigenvalue weighted by Crippen LogP contribution is -2.41. The molecule has 1 amide bonds. The fourth-order valence-electron chi connectivity index (χ4n) is 2.99. The number of nitrogens with two attached hydrogens (primary N) is 2. The summed E-state index contributed by atoms with van der Waals surface area (Å²) in [5, 5.41) is 0. The number of amides is 1. The van der Waals surface area contributed by atoms with Crippen LogP contribution >= 0.6 is 0 Å². The molecular formula is C14H22N4O. The van der Waals surface area contributed by atoms with Crippen molar-refractivity contribution in [2.75, 3.05) is 18.0 Å². The highest BCUT2D eigenvalue weighted by Crippen LogP contribution is 2.31. The van der Waals surface area contributed by atoms with Crippen molar-refractivity contribution in [2.24, 2.45) is 17.4 Å². The number of carbonyl (C=O) groups is 1. The molecule has 0 bridgehead atoms. The quantitative estimate of drug-likeness (QED) is 0.833. The van der Waals surface area contributed by atoms with E-state index in [1.807, 2.05) is 12.1 Å². The van der Waals surface area contributed by atoms with Gasteiger partial charge in [-0.3, -0.25) is 4.79 Å². The minimum atomic E-state index is -0.486. The molecule has 104 valence electrons. The third kappa shape index (κ3) is 2.87. The molecule has 1 saturated carbocycles. The van der Waals surface area contributed by atoms with Gasteiger partial charge in [0.15, 0.2) is 0 Å². The van der Waals surface area contributed by atoms with Gasteiger partial charge in [-0.05, 0) is 44.4 Å². The highest BCUT2D eigenvalue weighted by molar-refractivity contribution is 5.91. The number of hydrogen-bond donors (Lipinski definition) is 2. The summed E-state index contributed by atoms with van der Waals surface area (Å²) in [6.07, 6.45) is 3.52. The molecule has 4 N–H and O–H groups in total. The smallest absolute Gasteiger partial charge is 0.267 e. The third-order valence-corrected chi connectivity index (χ3v) is 3.94. The van der Waals surface area contributed by atoms with E-state index >= 15 is 0 Å². The Morgan fingerprint density at radius 1 is 1.47 bits per heavy atom. The maximum atomic E-state index is 11.2. The zero-order valence-electron chi connectivity index (χ0n) is 11.4. The molecule has 0 radical (unpaired) electrons. The topological polar surface area (TPSA) is 85.2 Å². The molecule has 19 heavy (non-hydrogen) atoms. The van der Waals surface area contributed by atoms with Gasteiger partial charge in [0.25, 0.3) is 5.91 Å². The SMILES string of the molecule is CCN(c1cccc(C(N)=O)n1)C1CCCC1CN. The molecule has 1 fully saturated rings. The second-order valence-corrected chi connectivity index (χ2v) is 5.03. The average Bonchev–Trinajstić information content (AvgIpc) is 2.88. The summed E-state index contributed by atoms with van der Waals surface area (Å²) in [7, 11) is 0. The summed E-state index contributed by atoms with van der Waals surface area (Å²) in [6, 6.07) is 5.83. The van der Waals surface area contributed by atoms with Crippen molar-refractivity contribution in [1.82, 2.24) is 4.98 Å². The van der Waals surface area contributed by atoms with E-state index in [4.69, 9.17) is 11.5 Å². The van der Waals surface area contributed by atoms with E-state index in [1.54, 1.807) is 6.07 Å². The lowest BCUT2D eigenvalue weighted by Gasteiger charge is -2.33. The number of anilines is 1. The predicted octanol–water partition coefficient (Wildman–Crippen LogP) is 1.13. The van der Waals surface area contributed by atoms with E-state index in [-0.39, 0.29) is 0 Å². The Kier molecular flexibility index (Phi) is 4.37. The third-order valence-electron chi connectivity index (χ3n) is 3.94. The number of hydrogen-bond acceptors (Lipinski definition) is 4. The molecule has 0 spiro atoms. The van der Waals surface area contributed by atoms with E-state index in [2.05, 4.69) is 16.8 Å². The standard InChI is InChI=1S/C14H22N4O/c1-2-18(12-7-3-5-10(12)9-15)13-8-4-6-11(17-13)14(16)19/h4,6,8,10,12H,2-3,5,7,9,15H2,1H3,(H2,16,19). The van der Waals surface area contributed by atoms with Crippen molar-refractivity contribution >= 4 is 11.7 Å². The van der Waals surface area contributed by atoms with E-state index < -0.39 is 5.91 Å². The number of primary amides is 1. The van der Waals surface area contributed by atoms with Gasteiger partial charge in [0.1, 0.15) is 11.5 Å². The number of aromatic nitrogens is 1. The summed E-state index contributed by atoms with van der Waals surface area (Å²) >= 11 is 0. The molecule has 1 aliphatic rings. The van der Waals surface area contributed by atoms with E-state index in [0.717, 1.165) is 18.8 Å². The summed E-state index contributed by atoms with van der Waals surface area (Å²) in [4.78, 5) is 17.8. The minimum absolute atomic E-state index is 0.318. The van der Waals surface area contributed by atoms with Crippen molar-refractivity contribution in [3.05, 3.63) is 23.9 Å². The van der Waals surface area contributed by atoms with E-state index in [1.165, 1.54) is 12.8 Å². The summed E-state index contributed by atoms with van der Waals surface area (Å²) in [6.45, 7) is 3.66. The maximum Gasteiger partial charge on any atom is 0.267 e. The second kappa shape index (κ2) is 6.02. The predicted molar refractivity (Wildman–Crippen MR) is 76.0 cm³/mol. The van der Waals surface area contributed by atoms with Gasteiger partial charge in [-0.25, -0.2) is 4.98 Å². The van der Waals surface area contributed by atoms with Crippen molar-refractivity contribution in [1.29, 1.82) is 0 Å². The molecule has 0 saturated heterocycles. The van der Waals surface area contributed by atoms with Gasteiger partial charge in [0.05, 0.1) is 0 Å². The van der Waals surface area contributed by atoms with Crippen molar-refractivity contribution in [3.63, 3.8) is 0 Å². The van der Waals surface area contributed by atoms with Crippen molar-refractivity contribution < 1.29 is 4.79 Å². The first-order valence-corrected chi connectivity index (χ1v) is 6.91. The summed E-state index contributed by atoms with van der Waals surface area (Å²) in [5.41, 5.74) is 11.5. The zero-order valence-corrected chi connectivity index (χ0v) is 11.4. The Hall–Kier alpha value is -1.62. The summed E-state index contributed by atoms with van der Waals surface area (Å²) in [5.74, 6) is 0.850. The van der Waals surface area contributed by atoms with Gasteiger partial charge in [0, 0.05) is 12.6 Å². The van der Waals surface area contributed by atoms with Crippen LogP contribution in [0.25, 0.3) is 0 Å². The first kappa shape index (κ1) is 13.8. The fourth-order valence-corrected chi connectivity index (χ4v) is 2.99. The molecule has 1 aromatic heterocycles. The molecule has 2 unspecified atom stereocenters. The molecule has 0 aromatic carbocycles. The molecule has 5 nitrogen and oxygen atoms in total. The lowest BCUT2D eigenvalue weighted by molar-refractivity contribution is 0.0995. The van der Waals surface area contributed by atoms with Crippen LogP contribution in [0.3, 0.4) is 0 Å². The Morgan fingerprint density at radius 3 is 2.89 bits per heavy atom. The molecule has 2 rings (SSSR count). The Bertz CT molecular complexity index is 449. The molecular weight excluding hydrogens is 240 g/mol. The Balaban J connectivity index is 2.26. The monoisotopic (exact) mass is 262 g/mol. The van der Waals surface area contributed by atoms with Gasteiger partial charge in [-0.1, -0.05) is 12.5 Å². The van der Waals surface area contributed by atoms with Crippen LogP contribution in [0.5, 0.6) is 0 Å². The van der Waals surface area contributed by atoms with Crippen LogP contribution in [0.4, 0.5) is 5.82 Å². The lowest BCUT2D eigenvalue weighted by atomic mass is 10.0. The molecule has 5 heteroatoms. The van der Waals surface area contributed by atoms with Gasteiger partial charge in [0.2, 0.25) is 0 Å². The van der Waals surface area contributed by atoms with Crippen LogP contribution in [-0.2, 0) is 0 Å². The van der Waals surface area contributed by atoms with Crippen LogP contribution in [0.1, 0.15) is 36.7 Å². The van der Waals surface area contributed by atoms with Gasteiger partial charge >= 0.3 is 0 Å². The fraction of sp³-hybridized carbons (Fsp3) is 0.571. The highest BCUT2D eigenvalue weighted by Gasteiger charge is 2.31. The molecule has 0 aliphatic heterocycles. The molecule has 1 heterocycles. The van der Waals surface area contributed by atoms with Crippen LogP contribution in [0, 0.1) is 5.92 Å². The largest absolute Gasteiger partial charge is 0.364 e. The number of nitrogens with zero attached hydrogens (tertiary/aromatic N) is 2. The van der Waals surface area contributed by atoms with Gasteiger partial charge < -0.3 is 16.4 Å². The Labute approximate surface area is 114 Å². The molecule has 1 aliphatic carbocycles.